The van der Waals surface area contributed by atoms with Gasteiger partial charge in [-0.2, -0.15) is 0 Å². The molecule has 9 heteroatoms. The quantitative estimate of drug-likeness (QED) is 0.440. The highest BCUT2D eigenvalue weighted by atomic mass is 35.5. The Morgan fingerprint density at radius 2 is 1.73 bits per heavy atom. The minimum Gasteiger partial charge on any atom is -0.459 e. The van der Waals surface area contributed by atoms with Crippen molar-refractivity contribution in [2.75, 3.05) is 11.9 Å². The smallest absolute Gasteiger partial charge is 0.329 e. The van der Waals surface area contributed by atoms with Crippen molar-refractivity contribution in [2.45, 2.75) is 19.9 Å². The average Bonchev–Trinajstić information content (AvgIpc) is 3.33. The maximum atomic E-state index is 12.4. The van der Waals surface area contributed by atoms with Gasteiger partial charge in [-0.1, -0.05) is 37.6 Å². The molecule has 172 valence electrons. The summed E-state index contributed by atoms with van der Waals surface area (Å²) in [5.74, 6) is -0.912. The number of anilines is 1. The lowest BCUT2D eigenvalue weighted by molar-refractivity contribution is -0.150. The summed E-state index contributed by atoms with van der Waals surface area (Å²) in [5.41, 5.74) is 0.495. The van der Waals surface area contributed by atoms with Gasteiger partial charge in [-0.3, -0.25) is 9.59 Å². The number of para-hydroxylation sites is 1. The zero-order valence-electron chi connectivity index (χ0n) is 18.0. The number of carbonyl (C=O) groups excluding carboxylic acids is 3. The van der Waals surface area contributed by atoms with Gasteiger partial charge < -0.3 is 24.5 Å². The van der Waals surface area contributed by atoms with Crippen molar-refractivity contribution in [3.05, 3.63) is 77.7 Å². The molecule has 0 bridgehead atoms. The number of halogens is 1. The van der Waals surface area contributed by atoms with E-state index in [-0.39, 0.29) is 11.7 Å². The van der Waals surface area contributed by atoms with Crippen LogP contribution in [0, 0.1) is 5.92 Å². The Hall–Kier alpha value is -3.78. The summed E-state index contributed by atoms with van der Waals surface area (Å²) in [7, 11) is 0. The van der Waals surface area contributed by atoms with Crippen molar-refractivity contribution in [1.82, 2.24) is 5.32 Å². The zero-order chi connectivity index (χ0) is 23.8. The third kappa shape index (κ3) is 6.85. The number of hydrogen-bond donors (Lipinski definition) is 2. The second-order valence-electron chi connectivity index (χ2n) is 7.39. The number of carbonyl (C=O) groups is 3. The molecule has 0 aliphatic rings. The Morgan fingerprint density at radius 1 is 1.00 bits per heavy atom. The lowest BCUT2D eigenvalue weighted by Crippen LogP contribution is -2.45. The predicted octanol–water partition coefficient (Wildman–Crippen LogP) is 4.66. The largest absolute Gasteiger partial charge is 0.459 e. The number of benzene rings is 2. The van der Waals surface area contributed by atoms with Gasteiger partial charge in [-0.25, -0.2) is 4.79 Å². The monoisotopic (exact) mass is 470 g/mol. The Balaban J connectivity index is 1.50. The first-order valence-electron chi connectivity index (χ1n) is 10.2. The molecule has 0 saturated heterocycles. The van der Waals surface area contributed by atoms with Gasteiger partial charge in [0.2, 0.25) is 0 Å². The summed E-state index contributed by atoms with van der Waals surface area (Å²) in [5, 5.41) is 5.67. The van der Waals surface area contributed by atoms with Gasteiger partial charge in [-0.05, 0) is 54.4 Å². The van der Waals surface area contributed by atoms with Gasteiger partial charge in [0.05, 0.1) is 11.3 Å². The maximum absolute atomic E-state index is 12.4. The highest BCUT2D eigenvalue weighted by molar-refractivity contribution is 6.32. The minimum absolute atomic E-state index is 0.0770. The van der Waals surface area contributed by atoms with Crippen LogP contribution in [0.5, 0.6) is 11.5 Å². The second kappa shape index (κ2) is 11.2. The van der Waals surface area contributed by atoms with Crippen molar-refractivity contribution < 1.29 is 28.3 Å². The van der Waals surface area contributed by atoms with Crippen LogP contribution in [0.4, 0.5) is 5.69 Å². The molecule has 0 spiro atoms. The summed E-state index contributed by atoms with van der Waals surface area (Å²) >= 11 is 6.08. The Bertz CT molecular complexity index is 1100. The number of rotatable bonds is 9. The standard InChI is InChI=1S/C24H23ClN2O6/c1-15(2)22(27-23(29)20-8-5-13-31-20)24(30)32-14-21(28)26-16-9-11-17(12-10-16)33-19-7-4-3-6-18(19)25/h3-13,15,22H,14H2,1-2H3,(H,26,28)(H,27,29)/t22-/m0/s1. The van der Waals surface area contributed by atoms with Crippen LogP contribution < -0.4 is 15.4 Å². The van der Waals surface area contributed by atoms with E-state index in [1.165, 1.54) is 12.3 Å². The molecule has 1 atom stereocenters. The number of hydrogen-bond acceptors (Lipinski definition) is 6. The molecule has 0 aliphatic carbocycles. The van der Waals surface area contributed by atoms with E-state index >= 15 is 0 Å². The Kier molecular flexibility index (Phi) is 8.10. The van der Waals surface area contributed by atoms with Crippen molar-refractivity contribution >= 4 is 35.1 Å². The van der Waals surface area contributed by atoms with E-state index in [4.69, 9.17) is 25.5 Å². The summed E-state index contributed by atoms with van der Waals surface area (Å²) in [6, 6.07) is 15.8. The molecule has 33 heavy (non-hydrogen) atoms. The molecule has 0 unspecified atom stereocenters. The van der Waals surface area contributed by atoms with E-state index in [2.05, 4.69) is 10.6 Å². The summed E-state index contributed by atoms with van der Waals surface area (Å²) in [6.07, 6.45) is 1.36. The Morgan fingerprint density at radius 3 is 2.36 bits per heavy atom. The fourth-order valence-electron chi connectivity index (χ4n) is 2.80. The molecule has 3 rings (SSSR count). The third-order valence-corrected chi connectivity index (χ3v) is 4.81. The summed E-state index contributed by atoms with van der Waals surface area (Å²) < 4.78 is 15.8. The number of nitrogens with one attached hydrogen (secondary N) is 2. The number of ether oxygens (including phenoxy) is 2. The van der Waals surface area contributed by atoms with Crippen LogP contribution in [0.1, 0.15) is 24.4 Å². The molecule has 0 aliphatic heterocycles. The third-order valence-electron chi connectivity index (χ3n) is 4.50. The van der Waals surface area contributed by atoms with E-state index in [1.54, 1.807) is 62.4 Å². The summed E-state index contributed by atoms with van der Waals surface area (Å²) in [4.78, 5) is 36.8. The first-order valence-corrected chi connectivity index (χ1v) is 10.5. The lowest BCUT2D eigenvalue weighted by Gasteiger charge is -2.20. The van der Waals surface area contributed by atoms with Crippen molar-refractivity contribution in [2.24, 2.45) is 5.92 Å². The van der Waals surface area contributed by atoms with Crippen LogP contribution in [0.25, 0.3) is 0 Å². The van der Waals surface area contributed by atoms with Crippen LogP contribution >= 0.6 is 11.6 Å². The molecule has 1 aromatic heterocycles. The van der Waals surface area contributed by atoms with E-state index < -0.39 is 30.4 Å². The summed E-state index contributed by atoms with van der Waals surface area (Å²) in [6.45, 7) is 3.00. The predicted molar refractivity (Wildman–Crippen MR) is 122 cm³/mol. The fraction of sp³-hybridized carbons (Fsp3) is 0.208. The minimum atomic E-state index is -0.934. The second-order valence-corrected chi connectivity index (χ2v) is 7.79. The molecule has 0 radical (unpaired) electrons. The SMILES string of the molecule is CC(C)[C@H](NC(=O)c1ccco1)C(=O)OCC(=O)Nc1ccc(Oc2ccccc2Cl)cc1. The topological polar surface area (TPSA) is 107 Å². The molecule has 2 N–H and O–H groups in total. The highest BCUT2D eigenvalue weighted by Gasteiger charge is 2.27. The first-order chi connectivity index (χ1) is 15.8. The molecule has 3 aromatic rings. The molecule has 2 aromatic carbocycles. The molecule has 0 saturated carbocycles. The molecule has 1 heterocycles. The van der Waals surface area contributed by atoms with E-state index in [0.717, 1.165) is 0 Å². The van der Waals surface area contributed by atoms with Gasteiger partial charge in [0.15, 0.2) is 12.4 Å². The van der Waals surface area contributed by atoms with Crippen LogP contribution in [0.15, 0.2) is 71.3 Å². The fourth-order valence-corrected chi connectivity index (χ4v) is 2.98. The van der Waals surface area contributed by atoms with Crippen LogP contribution in [-0.4, -0.2) is 30.4 Å². The molecule has 2 amide bonds. The number of furan rings is 1. The van der Waals surface area contributed by atoms with E-state index in [9.17, 15) is 14.4 Å². The Labute approximate surface area is 195 Å². The van der Waals surface area contributed by atoms with Gasteiger partial charge in [0, 0.05) is 5.69 Å². The average molecular weight is 471 g/mol. The van der Waals surface area contributed by atoms with Gasteiger partial charge >= 0.3 is 5.97 Å². The first kappa shape index (κ1) is 23.9. The van der Waals surface area contributed by atoms with Crippen LogP contribution in [-0.2, 0) is 14.3 Å². The van der Waals surface area contributed by atoms with Crippen molar-refractivity contribution in [3.63, 3.8) is 0 Å². The molecule has 0 fully saturated rings. The van der Waals surface area contributed by atoms with Crippen molar-refractivity contribution in [3.8, 4) is 11.5 Å². The zero-order valence-corrected chi connectivity index (χ0v) is 18.8. The van der Waals surface area contributed by atoms with E-state index in [1.807, 2.05) is 6.07 Å². The van der Waals surface area contributed by atoms with E-state index in [0.29, 0.717) is 22.2 Å². The van der Waals surface area contributed by atoms with Crippen LogP contribution in [0.2, 0.25) is 5.02 Å². The molecular weight excluding hydrogens is 448 g/mol. The van der Waals surface area contributed by atoms with Gasteiger partial charge in [0.1, 0.15) is 17.5 Å². The van der Waals surface area contributed by atoms with Crippen molar-refractivity contribution in [1.29, 1.82) is 0 Å². The number of esters is 1. The normalized spacial score (nSPS) is 11.5. The van der Waals surface area contributed by atoms with Gasteiger partial charge in [0.25, 0.3) is 11.8 Å². The number of amides is 2. The highest BCUT2D eigenvalue weighted by Crippen LogP contribution is 2.29. The lowest BCUT2D eigenvalue weighted by atomic mass is 10.0. The molecule has 8 nitrogen and oxygen atoms in total. The maximum Gasteiger partial charge on any atom is 0.329 e. The molecular formula is C24H23ClN2O6. The van der Waals surface area contributed by atoms with Gasteiger partial charge in [-0.15, -0.1) is 0 Å². The van der Waals surface area contributed by atoms with Crippen LogP contribution in [0.3, 0.4) is 0 Å².